The van der Waals surface area contributed by atoms with Crippen LogP contribution in [0.5, 0.6) is 0 Å². The van der Waals surface area contributed by atoms with Crippen LogP contribution in [-0.4, -0.2) is 26.0 Å². The molecule has 1 saturated heterocycles. The number of aryl methyl sites for hydroxylation is 2. The van der Waals surface area contributed by atoms with Gasteiger partial charge in [0, 0.05) is 31.5 Å². The van der Waals surface area contributed by atoms with E-state index < -0.39 is 11.7 Å². The van der Waals surface area contributed by atoms with Crippen molar-refractivity contribution in [2.45, 2.75) is 44.9 Å². The van der Waals surface area contributed by atoms with Crippen molar-refractivity contribution in [3.63, 3.8) is 0 Å². The predicted molar refractivity (Wildman–Crippen MR) is 102 cm³/mol. The molecule has 0 saturated carbocycles. The Labute approximate surface area is 167 Å². The Morgan fingerprint density at radius 2 is 2.07 bits per heavy atom. The fraction of sp³-hybridized carbons (Fsp3) is 0.429. The lowest BCUT2D eigenvalue weighted by Gasteiger charge is -2.34. The largest absolute Gasteiger partial charge is 0.441 e. The first-order valence-electron chi connectivity index (χ1n) is 9.68. The van der Waals surface area contributed by atoms with Gasteiger partial charge in [-0.25, -0.2) is 9.97 Å². The van der Waals surface area contributed by atoms with E-state index in [0.29, 0.717) is 17.9 Å². The number of hydrogen-bond donors (Lipinski definition) is 0. The van der Waals surface area contributed by atoms with Gasteiger partial charge in [-0.05, 0) is 44.5 Å². The van der Waals surface area contributed by atoms with Crippen LogP contribution in [0.1, 0.15) is 48.1 Å². The Balaban J connectivity index is 1.59. The highest BCUT2D eigenvalue weighted by atomic mass is 19.4. The highest BCUT2D eigenvalue weighted by molar-refractivity contribution is 5.55. The number of piperidine rings is 1. The Hall–Kier alpha value is -2.61. The maximum Gasteiger partial charge on any atom is 0.416 e. The number of nitrogens with zero attached hydrogens (tertiary/aromatic N) is 4. The summed E-state index contributed by atoms with van der Waals surface area (Å²) in [6.45, 7) is 3.30. The van der Waals surface area contributed by atoms with E-state index >= 15 is 0 Å². The van der Waals surface area contributed by atoms with Crippen molar-refractivity contribution >= 4 is 0 Å². The zero-order chi connectivity index (χ0) is 20.6. The van der Waals surface area contributed by atoms with Crippen LogP contribution >= 0.6 is 0 Å². The van der Waals surface area contributed by atoms with Crippen molar-refractivity contribution in [1.82, 2.24) is 19.4 Å². The second-order valence-corrected chi connectivity index (χ2v) is 7.48. The number of halogens is 3. The third-order valence-electron chi connectivity index (χ3n) is 5.45. The monoisotopic (exact) mass is 404 g/mol. The highest BCUT2D eigenvalue weighted by Gasteiger charge is 2.31. The smallest absolute Gasteiger partial charge is 0.416 e. The van der Waals surface area contributed by atoms with Crippen molar-refractivity contribution < 1.29 is 17.6 Å². The maximum absolute atomic E-state index is 13.0. The molecule has 0 radical (unpaired) electrons. The minimum Gasteiger partial charge on any atom is -0.441 e. The van der Waals surface area contributed by atoms with Gasteiger partial charge in [-0.15, -0.1) is 0 Å². The lowest BCUT2D eigenvalue weighted by molar-refractivity contribution is -0.137. The molecule has 1 atom stereocenters. The van der Waals surface area contributed by atoms with E-state index in [2.05, 4.69) is 14.9 Å². The third kappa shape index (κ3) is 4.07. The number of aromatic nitrogens is 3. The topological polar surface area (TPSA) is 47.1 Å². The summed E-state index contributed by atoms with van der Waals surface area (Å²) < 4.78 is 46.8. The summed E-state index contributed by atoms with van der Waals surface area (Å²) in [6.07, 6.45) is 2.59. The molecule has 1 fully saturated rings. The lowest BCUT2D eigenvalue weighted by atomic mass is 10.0. The first-order valence-corrected chi connectivity index (χ1v) is 9.68. The van der Waals surface area contributed by atoms with Crippen LogP contribution in [0.2, 0.25) is 0 Å². The fourth-order valence-electron chi connectivity index (χ4n) is 3.89. The molecular formula is C21H23F3N4O. The number of oxazole rings is 1. The van der Waals surface area contributed by atoms with Crippen LogP contribution in [0.15, 0.2) is 41.1 Å². The molecule has 8 heteroatoms. The second-order valence-electron chi connectivity index (χ2n) is 7.48. The second kappa shape index (κ2) is 7.67. The van der Waals surface area contributed by atoms with Crippen LogP contribution in [0.3, 0.4) is 0 Å². The van der Waals surface area contributed by atoms with Crippen molar-refractivity contribution in [2.24, 2.45) is 7.05 Å². The van der Waals surface area contributed by atoms with Gasteiger partial charge < -0.3 is 8.98 Å². The van der Waals surface area contributed by atoms with E-state index in [4.69, 9.17) is 4.42 Å². The highest BCUT2D eigenvalue weighted by Crippen LogP contribution is 2.34. The summed E-state index contributed by atoms with van der Waals surface area (Å²) in [5, 5.41) is 0. The van der Waals surface area contributed by atoms with Gasteiger partial charge in [-0.2, -0.15) is 13.2 Å². The van der Waals surface area contributed by atoms with Crippen LogP contribution < -0.4 is 0 Å². The zero-order valence-electron chi connectivity index (χ0n) is 16.4. The molecule has 3 heterocycles. The molecule has 0 unspecified atom stereocenters. The van der Waals surface area contributed by atoms with Crippen LogP contribution in [0, 0.1) is 6.92 Å². The van der Waals surface area contributed by atoms with E-state index in [0.717, 1.165) is 49.5 Å². The van der Waals surface area contributed by atoms with Gasteiger partial charge in [0.1, 0.15) is 11.6 Å². The molecule has 3 aromatic rings. The molecule has 1 aliphatic rings. The number of alkyl halides is 3. The number of imidazole rings is 1. The Morgan fingerprint density at radius 1 is 1.24 bits per heavy atom. The number of likely N-dealkylation sites (tertiary alicyclic amines) is 1. The number of rotatable bonds is 4. The molecule has 1 aliphatic heterocycles. The zero-order valence-corrected chi connectivity index (χ0v) is 16.4. The molecule has 0 bridgehead atoms. The molecule has 1 aromatic carbocycles. The molecule has 0 spiro atoms. The quantitative estimate of drug-likeness (QED) is 0.605. The van der Waals surface area contributed by atoms with E-state index in [-0.39, 0.29) is 11.9 Å². The summed E-state index contributed by atoms with van der Waals surface area (Å²) in [7, 11) is 1.99. The van der Waals surface area contributed by atoms with Gasteiger partial charge in [0.05, 0.1) is 17.3 Å². The van der Waals surface area contributed by atoms with Crippen LogP contribution in [-0.2, 0) is 19.8 Å². The van der Waals surface area contributed by atoms with E-state index in [9.17, 15) is 13.2 Å². The molecule has 0 aliphatic carbocycles. The average Bonchev–Trinajstić information content (AvgIpc) is 3.27. The number of benzene rings is 1. The van der Waals surface area contributed by atoms with Crippen molar-refractivity contribution in [2.75, 3.05) is 6.54 Å². The molecule has 2 aromatic heterocycles. The normalized spacial score (nSPS) is 18.3. The predicted octanol–water partition coefficient (Wildman–Crippen LogP) is 5.13. The van der Waals surface area contributed by atoms with Gasteiger partial charge in [0.25, 0.3) is 0 Å². The molecule has 4 rings (SSSR count). The Kier molecular flexibility index (Phi) is 5.21. The molecular weight excluding hydrogens is 381 g/mol. The van der Waals surface area contributed by atoms with Gasteiger partial charge in [-0.3, -0.25) is 4.90 Å². The first-order chi connectivity index (χ1) is 13.8. The SMILES string of the molecule is Cc1oc(-c2cccc(C(F)(F)F)c2)nc1CN1CCCC[C@@H]1c1nccn1C. The summed E-state index contributed by atoms with van der Waals surface area (Å²) in [5.74, 6) is 1.86. The van der Waals surface area contributed by atoms with Crippen LogP contribution in [0.4, 0.5) is 13.2 Å². The first kappa shape index (κ1) is 19.7. The summed E-state index contributed by atoms with van der Waals surface area (Å²) in [5.41, 5.74) is 0.366. The van der Waals surface area contributed by atoms with Crippen molar-refractivity contribution in [1.29, 1.82) is 0 Å². The summed E-state index contributed by atoms with van der Waals surface area (Å²) >= 11 is 0. The van der Waals surface area contributed by atoms with Gasteiger partial charge >= 0.3 is 6.18 Å². The number of hydrogen-bond acceptors (Lipinski definition) is 4. The van der Waals surface area contributed by atoms with E-state index in [1.54, 1.807) is 19.2 Å². The summed E-state index contributed by atoms with van der Waals surface area (Å²) in [4.78, 5) is 11.4. The molecule has 0 N–H and O–H groups in total. The Morgan fingerprint density at radius 3 is 2.79 bits per heavy atom. The lowest BCUT2D eigenvalue weighted by Crippen LogP contribution is -2.34. The molecule has 29 heavy (non-hydrogen) atoms. The van der Waals surface area contributed by atoms with E-state index in [1.165, 1.54) is 6.07 Å². The Bertz CT molecular complexity index is 992. The van der Waals surface area contributed by atoms with Crippen LogP contribution in [0.25, 0.3) is 11.5 Å². The standard InChI is InChI=1S/C21H23F3N4O/c1-14-17(13-28-10-4-3-8-18(28)19-25-9-11-27(19)2)26-20(29-14)15-6-5-7-16(12-15)21(22,23)24/h5-7,9,11-12,18H,3-4,8,10,13H2,1-2H3/t18-/m1/s1. The van der Waals surface area contributed by atoms with Gasteiger partial charge in [-0.1, -0.05) is 12.5 Å². The maximum atomic E-state index is 13.0. The van der Waals surface area contributed by atoms with E-state index in [1.807, 2.05) is 17.8 Å². The minimum atomic E-state index is -4.40. The minimum absolute atomic E-state index is 0.192. The molecule has 0 amide bonds. The van der Waals surface area contributed by atoms with Crippen molar-refractivity contribution in [3.05, 3.63) is 59.5 Å². The van der Waals surface area contributed by atoms with Gasteiger partial charge in [0.2, 0.25) is 5.89 Å². The molecule has 154 valence electrons. The van der Waals surface area contributed by atoms with Crippen molar-refractivity contribution in [3.8, 4) is 11.5 Å². The summed E-state index contributed by atoms with van der Waals surface area (Å²) in [6, 6.07) is 5.27. The third-order valence-corrected chi connectivity index (χ3v) is 5.45. The molecule has 5 nitrogen and oxygen atoms in total. The fourth-order valence-corrected chi connectivity index (χ4v) is 3.89. The van der Waals surface area contributed by atoms with Gasteiger partial charge in [0.15, 0.2) is 0 Å². The average molecular weight is 404 g/mol.